The van der Waals surface area contributed by atoms with Gasteiger partial charge in [-0.15, -0.1) is 17.0 Å². The molecule has 0 aromatic heterocycles. The van der Waals surface area contributed by atoms with Gasteiger partial charge in [-0.05, 0) is 39.8 Å². The summed E-state index contributed by atoms with van der Waals surface area (Å²) >= 11 is 0. The van der Waals surface area contributed by atoms with E-state index in [9.17, 15) is 9.59 Å². The predicted molar refractivity (Wildman–Crippen MR) is 110 cm³/mol. The average molecular weight is 411 g/mol. The molecule has 4 nitrogen and oxygen atoms in total. The van der Waals surface area contributed by atoms with Gasteiger partial charge in [0.05, 0.1) is 5.57 Å². The van der Waals surface area contributed by atoms with Gasteiger partial charge < -0.3 is 9.80 Å². The normalized spacial score (nSPS) is 13.1. The smallest absolute Gasteiger partial charge is 0.170 e. The topological polar surface area (TPSA) is 40.6 Å². The molecule has 2 unspecified atom stereocenters. The molecule has 1 aromatic carbocycles. The number of rotatable bonds is 9. The third kappa shape index (κ3) is 8.08. The van der Waals surface area contributed by atoms with Crippen molar-refractivity contribution in [2.45, 2.75) is 13.8 Å². The lowest BCUT2D eigenvalue weighted by Crippen LogP contribution is -2.33. The van der Waals surface area contributed by atoms with Crippen molar-refractivity contribution in [1.29, 1.82) is 0 Å². The molecule has 5 heteroatoms. The van der Waals surface area contributed by atoms with Crippen LogP contribution in [-0.4, -0.2) is 62.6 Å². The molecule has 0 spiro atoms. The highest BCUT2D eigenvalue weighted by Gasteiger charge is 2.27. The van der Waals surface area contributed by atoms with Crippen molar-refractivity contribution >= 4 is 34.6 Å². The minimum absolute atomic E-state index is 0. The van der Waals surface area contributed by atoms with E-state index in [1.165, 1.54) is 0 Å². The summed E-state index contributed by atoms with van der Waals surface area (Å²) in [5.41, 5.74) is 1.19. The van der Waals surface area contributed by atoms with Crippen LogP contribution in [0, 0.1) is 11.8 Å². The maximum Gasteiger partial charge on any atom is 0.170 e. The molecule has 0 radical (unpaired) electrons. The van der Waals surface area contributed by atoms with E-state index in [0.29, 0.717) is 18.7 Å². The zero-order chi connectivity index (χ0) is 18.3. The Kier molecular flexibility index (Phi) is 10.8. The van der Waals surface area contributed by atoms with Gasteiger partial charge in [0.2, 0.25) is 0 Å². The van der Waals surface area contributed by atoms with E-state index in [-0.39, 0.29) is 40.4 Å². The van der Waals surface area contributed by atoms with Crippen LogP contribution in [0.5, 0.6) is 0 Å². The van der Waals surface area contributed by atoms with Crippen molar-refractivity contribution in [2.24, 2.45) is 11.8 Å². The molecule has 0 fully saturated rings. The fourth-order valence-electron chi connectivity index (χ4n) is 2.77. The summed E-state index contributed by atoms with van der Waals surface area (Å²) in [7, 11) is 7.73. The standard InChI is InChI=1S/C20H30N2O2.BrH/c1-15(13-21(3)4)19(23)18(12-17-10-8-7-9-11-17)20(24)16(2)14-22(5)6;/h7-12,15-16H,13-14H2,1-6H3;1H. The second kappa shape index (κ2) is 11.3. The van der Waals surface area contributed by atoms with Crippen LogP contribution in [0.1, 0.15) is 19.4 Å². The largest absolute Gasteiger partial charge is 0.309 e. The second-order valence-corrected chi connectivity index (χ2v) is 7.02. The third-order valence-corrected chi connectivity index (χ3v) is 3.81. The van der Waals surface area contributed by atoms with Gasteiger partial charge in [-0.2, -0.15) is 0 Å². The fraction of sp³-hybridized carbons (Fsp3) is 0.500. The maximum atomic E-state index is 12.9. The highest BCUT2D eigenvalue weighted by atomic mass is 79.9. The predicted octanol–water partition coefficient (Wildman–Crippen LogP) is 3.18. The number of allylic oxidation sites excluding steroid dienone is 1. The van der Waals surface area contributed by atoms with Crippen LogP contribution in [0.15, 0.2) is 35.9 Å². The van der Waals surface area contributed by atoms with Crippen LogP contribution in [0.3, 0.4) is 0 Å². The Hall–Kier alpha value is -1.30. The van der Waals surface area contributed by atoms with Crippen LogP contribution in [-0.2, 0) is 9.59 Å². The van der Waals surface area contributed by atoms with Crippen LogP contribution >= 0.6 is 17.0 Å². The molecule has 25 heavy (non-hydrogen) atoms. The lowest BCUT2D eigenvalue weighted by atomic mass is 9.89. The highest BCUT2D eigenvalue weighted by molar-refractivity contribution is 8.93. The summed E-state index contributed by atoms with van der Waals surface area (Å²) in [5.74, 6) is -0.595. The zero-order valence-electron chi connectivity index (χ0n) is 16.2. The fourth-order valence-corrected chi connectivity index (χ4v) is 2.77. The molecule has 0 N–H and O–H groups in total. The van der Waals surface area contributed by atoms with Gasteiger partial charge >= 0.3 is 0 Å². The van der Waals surface area contributed by atoms with E-state index >= 15 is 0 Å². The number of hydrogen-bond acceptors (Lipinski definition) is 4. The molecule has 2 atom stereocenters. The van der Waals surface area contributed by atoms with E-state index in [1.54, 1.807) is 6.08 Å². The Labute approximate surface area is 162 Å². The molecule has 0 heterocycles. The molecule has 140 valence electrons. The van der Waals surface area contributed by atoms with Gasteiger partial charge in [-0.1, -0.05) is 44.2 Å². The van der Waals surface area contributed by atoms with Crippen molar-refractivity contribution < 1.29 is 9.59 Å². The van der Waals surface area contributed by atoms with Crippen molar-refractivity contribution in [1.82, 2.24) is 9.80 Å². The summed E-state index contributed by atoms with van der Waals surface area (Å²) in [6.45, 7) is 5.01. The average Bonchev–Trinajstić information content (AvgIpc) is 2.51. The zero-order valence-corrected chi connectivity index (χ0v) is 17.9. The Bertz CT molecular complexity index is 553. The Morgan fingerprint density at radius 3 is 1.64 bits per heavy atom. The molecular weight excluding hydrogens is 380 g/mol. The Morgan fingerprint density at radius 2 is 1.28 bits per heavy atom. The molecule has 1 rings (SSSR count). The Balaban J connectivity index is 0.00000576. The van der Waals surface area contributed by atoms with Crippen molar-refractivity contribution in [3.8, 4) is 0 Å². The molecule has 0 saturated carbocycles. The number of Topliss-reactive ketones (excluding diaryl/α,β-unsaturated/α-hetero) is 2. The summed E-state index contributed by atoms with van der Waals surface area (Å²) in [6.07, 6.45) is 1.74. The van der Waals surface area contributed by atoms with Crippen molar-refractivity contribution in [3.05, 3.63) is 41.5 Å². The highest BCUT2D eigenvalue weighted by Crippen LogP contribution is 2.18. The first-order valence-corrected chi connectivity index (χ1v) is 8.37. The van der Waals surface area contributed by atoms with E-state index in [1.807, 2.05) is 82.2 Å². The quantitative estimate of drug-likeness (QED) is 0.356. The molecule has 0 bridgehead atoms. The summed E-state index contributed by atoms with van der Waals surface area (Å²) in [6, 6.07) is 9.56. The maximum absolute atomic E-state index is 12.9. The van der Waals surface area contributed by atoms with Gasteiger partial charge in [0.1, 0.15) is 0 Å². The molecule has 0 saturated heterocycles. The first-order chi connectivity index (χ1) is 11.2. The number of carbonyl (C=O) groups is 2. The first-order valence-electron chi connectivity index (χ1n) is 8.37. The number of nitrogens with zero attached hydrogens (tertiary/aromatic N) is 2. The monoisotopic (exact) mass is 410 g/mol. The van der Waals surface area contributed by atoms with E-state index < -0.39 is 0 Å². The number of ketones is 2. The molecule has 1 aromatic rings. The van der Waals surface area contributed by atoms with Gasteiger partial charge in [-0.25, -0.2) is 0 Å². The molecule has 0 aliphatic carbocycles. The molecule has 0 aliphatic heterocycles. The number of benzene rings is 1. The molecule has 0 aliphatic rings. The summed E-state index contributed by atoms with van der Waals surface area (Å²) in [5, 5.41) is 0. The second-order valence-electron chi connectivity index (χ2n) is 7.02. The van der Waals surface area contributed by atoms with E-state index in [2.05, 4.69) is 0 Å². The SMILES string of the molecule is Br.CC(CN(C)C)C(=O)C(=Cc1ccccc1)C(=O)C(C)CN(C)C. The third-order valence-electron chi connectivity index (χ3n) is 3.81. The lowest BCUT2D eigenvalue weighted by molar-refractivity contribution is -0.125. The van der Waals surface area contributed by atoms with E-state index in [4.69, 9.17) is 0 Å². The lowest BCUT2D eigenvalue weighted by Gasteiger charge is -2.20. The molecular formula is C20H31BrN2O2. The number of halogens is 1. The minimum Gasteiger partial charge on any atom is -0.309 e. The van der Waals surface area contributed by atoms with Crippen molar-refractivity contribution in [3.63, 3.8) is 0 Å². The van der Waals surface area contributed by atoms with E-state index in [0.717, 1.165) is 5.56 Å². The number of hydrogen-bond donors (Lipinski definition) is 0. The Morgan fingerprint density at radius 1 is 0.880 bits per heavy atom. The number of carbonyl (C=O) groups excluding carboxylic acids is 2. The van der Waals surface area contributed by atoms with Crippen LogP contribution in [0.25, 0.3) is 6.08 Å². The van der Waals surface area contributed by atoms with Gasteiger partial charge in [0.25, 0.3) is 0 Å². The first kappa shape index (κ1) is 23.7. The molecule has 0 amide bonds. The minimum atomic E-state index is -0.217. The van der Waals surface area contributed by atoms with Gasteiger partial charge in [0.15, 0.2) is 11.6 Å². The van der Waals surface area contributed by atoms with Crippen LogP contribution in [0.2, 0.25) is 0 Å². The summed E-state index contributed by atoms with van der Waals surface area (Å²) < 4.78 is 0. The van der Waals surface area contributed by atoms with Gasteiger partial charge in [-0.3, -0.25) is 9.59 Å². The van der Waals surface area contributed by atoms with Gasteiger partial charge in [0, 0.05) is 24.9 Å². The summed E-state index contributed by atoms with van der Waals surface area (Å²) in [4.78, 5) is 29.7. The van der Waals surface area contributed by atoms with Crippen LogP contribution < -0.4 is 0 Å². The van der Waals surface area contributed by atoms with Crippen molar-refractivity contribution in [2.75, 3.05) is 41.3 Å². The van der Waals surface area contributed by atoms with Crippen LogP contribution in [0.4, 0.5) is 0 Å².